The Labute approximate surface area is 123 Å². The van der Waals surface area contributed by atoms with Gasteiger partial charge in [-0.2, -0.15) is 0 Å². The highest BCUT2D eigenvalue weighted by atomic mass is 16.5. The average Bonchev–Trinajstić information content (AvgIpc) is 3.17. The van der Waals surface area contributed by atoms with Crippen molar-refractivity contribution >= 4 is 0 Å². The first-order valence-electron chi connectivity index (χ1n) is 7.86. The van der Waals surface area contributed by atoms with Crippen LogP contribution in [0.4, 0.5) is 0 Å². The molecule has 20 heavy (non-hydrogen) atoms. The topological polar surface area (TPSA) is 21.3 Å². The molecule has 2 heteroatoms. The zero-order valence-corrected chi connectivity index (χ0v) is 13.4. The van der Waals surface area contributed by atoms with Gasteiger partial charge in [0.25, 0.3) is 0 Å². The predicted molar refractivity (Wildman–Crippen MR) is 85.0 cm³/mol. The molecule has 1 atom stereocenters. The molecular weight excluding hydrogens is 246 g/mol. The van der Waals surface area contributed by atoms with E-state index >= 15 is 0 Å². The summed E-state index contributed by atoms with van der Waals surface area (Å²) < 4.78 is 6.20. The molecule has 1 aromatic rings. The summed E-state index contributed by atoms with van der Waals surface area (Å²) >= 11 is 0. The third kappa shape index (κ3) is 5.26. The largest absolute Gasteiger partial charge is 0.372 e. The number of aryl methyl sites for hydroxylation is 1. The number of benzene rings is 1. The van der Waals surface area contributed by atoms with E-state index in [0.717, 1.165) is 25.6 Å². The minimum atomic E-state index is 0.180. The van der Waals surface area contributed by atoms with Crippen LogP contribution >= 0.6 is 0 Å². The van der Waals surface area contributed by atoms with Crippen LogP contribution in [0.5, 0.6) is 0 Å². The van der Waals surface area contributed by atoms with Gasteiger partial charge in [0.05, 0.1) is 6.10 Å². The smallest absolute Gasteiger partial charge is 0.0951 e. The van der Waals surface area contributed by atoms with Gasteiger partial charge < -0.3 is 10.1 Å². The molecule has 1 unspecified atom stereocenters. The maximum Gasteiger partial charge on any atom is 0.0951 e. The Morgan fingerprint density at radius 2 is 1.95 bits per heavy atom. The Morgan fingerprint density at radius 3 is 2.55 bits per heavy atom. The first-order chi connectivity index (χ1) is 9.46. The Kier molecular flexibility index (Phi) is 5.22. The summed E-state index contributed by atoms with van der Waals surface area (Å²) in [6, 6.07) is 9.31. The van der Waals surface area contributed by atoms with Crippen molar-refractivity contribution in [3.8, 4) is 0 Å². The van der Waals surface area contributed by atoms with Gasteiger partial charge in [-0.3, -0.25) is 0 Å². The molecule has 0 aromatic heterocycles. The number of rotatable bonds is 7. The van der Waals surface area contributed by atoms with Gasteiger partial charge in [-0.05, 0) is 42.7 Å². The van der Waals surface area contributed by atoms with E-state index in [2.05, 4.69) is 57.3 Å². The summed E-state index contributed by atoms with van der Waals surface area (Å²) in [4.78, 5) is 0. The standard InChI is InChI=1S/C18H29NO/c1-14-7-5-6-8-16(14)17(13-19-15-9-10-15)20-12-11-18(2,3)4/h5-8,15,17,19H,9-13H2,1-4H3. The van der Waals surface area contributed by atoms with E-state index in [-0.39, 0.29) is 6.10 Å². The molecule has 1 aromatic carbocycles. The van der Waals surface area contributed by atoms with Crippen molar-refractivity contribution < 1.29 is 4.74 Å². The fourth-order valence-corrected chi connectivity index (χ4v) is 2.28. The summed E-state index contributed by atoms with van der Waals surface area (Å²) in [6.07, 6.45) is 3.92. The number of hydrogen-bond acceptors (Lipinski definition) is 2. The van der Waals surface area contributed by atoms with Crippen LogP contribution in [0.25, 0.3) is 0 Å². The summed E-state index contributed by atoms with van der Waals surface area (Å²) in [6.45, 7) is 10.7. The van der Waals surface area contributed by atoms with Gasteiger partial charge in [0, 0.05) is 19.2 Å². The van der Waals surface area contributed by atoms with Crippen molar-refractivity contribution in [1.82, 2.24) is 5.32 Å². The second-order valence-electron chi connectivity index (χ2n) is 7.21. The van der Waals surface area contributed by atoms with Crippen LogP contribution in [0.1, 0.15) is 57.3 Å². The van der Waals surface area contributed by atoms with Crippen LogP contribution in [0.2, 0.25) is 0 Å². The van der Waals surface area contributed by atoms with Crippen molar-refractivity contribution in [2.45, 2.75) is 59.1 Å². The first kappa shape index (κ1) is 15.5. The van der Waals surface area contributed by atoms with Crippen molar-refractivity contribution in [1.29, 1.82) is 0 Å². The number of hydrogen-bond donors (Lipinski definition) is 1. The van der Waals surface area contributed by atoms with E-state index in [0.29, 0.717) is 5.41 Å². The molecule has 0 radical (unpaired) electrons. The van der Waals surface area contributed by atoms with Crippen LogP contribution in [0, 0.1) is 12.3 Å². The molecule has 0 saturated heterocycles. The average molecular weight is 275 g/mol. The summed E-state index contributed by atoms with van der Waals surface area (Å²) in [5, 5.41) is 3.61. The van der Waals surface area contributed by atoms with E-state index in [1.54, 1.807) is 0 Å². The third-order valence-electron chi connectivity index (χ3n) is 3.88. The molecule has 1 fully saturated rings. The lowest BCUT2D eigenvalue weighted by atomic mass is 9.93. The first-order valence-corrected chi connectivity index (χ1v) is 7.86. The monoisotopic (exact) mass is 275 g/mol. The number of nitrogens with one attached hydrogen (secondary N) is 1. The van der Waals surface area contributed by atoms with Crippen molar-refractivity contribution in [3.05, 3.63) is 35.4 Å². The van der Waals surface area contributed by atoms with E-state index in [4.69, 9.17) is 4.74 Å². The summed E-state index contributed by atoms with van der Waals surface area (Å²) in [5.74, 6) is 0. The second-order valence-corrected chi connectivity index (χ2v) is 7.21. The van der Waals surface area contributed by atoms with Crippen molar-refractivity contribution in [3.63, 3.8) is 0 Å². The lowest BCUT2D eigenvalue weighted by Gasteiger charge is -2.24. The molecule has 0 aliphatic heterocycles. The van der Waals surface area contributed by atoms with Crippen LogP contribution in [-0.4, -0.2) is 19.2 Å². The van der Waals surface area contributed by atoms with E-state index in [1.165, 1.54) is 24.0 Å². The molecule has 1 aliphatic carbocycles. The van der Waals surface area contributed by atoms with Crippen LogP contribution < -0.4 is 5.32 Å². The SMILES string of the molecule is Cc1ccccc1C(CNC1CC1)OCCC(C)(C)C. The molecule has 0 heterocycles. The zero-order chi connectivity index (χ0) is 14.6. The van der Waals surface area contributed by atoms with Gasteiger partial charge in [-0.1, -0.05) is 45.0 Å². The molecule has 1 N–H and O–H groups in total. The normalized spacial score (nSPS) is 17.2. The fraction of sp³-hybridized carbons (Fsp3) is 0.667. The Bertz CT molecular complexity index is 418. The summed E-state index contributed by atoms with van der Waals surface area (Å²) in [5.41, 5.74) is 2.99. The highest BCUT2D eigenvalue weighted by molar-refractivity contribution is 5.28. The van der Waals surface area contributed by atoms with E-state index in [1.807, 2.05) is 0 Å². The Morgan fingerprint density at radius 1 is 1.25 bits per heavy atom. The molecular formula is C18H29NO. The summed E-state index contributed by atoms with van der Waals surface area (Å²) in [7, 11) is 0. The quantitative estimate of drug-likeness (QED) is 0.803. The second kappa shape index (κ2) is 6.73. The van der Waals surface area contributed by atoms with Gasteiger partial charge in [0.1, 0.15) is 0 Å². The van der Waals surface area contributed by atoms with E-state index < -0.39 is 0 Å². The van der Waals surface area contributed by atoms with Crippen LogP contribution in [0.3, 0.4) is 0 Å². The molecule has 1 aliphatic rings. The molecule has 2 rings (SSSR count). The van der Waals surface area contributed by atoms with Crippen molar-refractivity contribution in [2.75, 3.05) is 13.2 Å². The van der Waals surface area contributed by atoms with Crippen molar-refractivity contribution in [2.24, 2.45) is 5.41 Å². The Balaban J connectivity index is 1.94. The molecule has 2 nitrogen and oxygen atoms in total. The van der Waals surface area contributed by atoms with Gasteiger partial charge in [0.15, 0.2) is 0 Å². The fourth-order valence-electron chi connectivity index (χ4n) is 2.28. The van der Waals surface area contributed by atoms with Gasteiger partial charge >= 0.3 is 0 Å². The Hall–Kier alpha value is -0.860. The maximum absolute atomic E-state index is 6.20. The molecule has 0 bridgehead atoms. The van der Waals surface area contributed by atoms with Gasteiger partial charge in [-0.25, -0.2) is 0 Å². The lowest BCUT2D eigenvalue weighted by molar-refractivity contribution is 0.0364. The molecule has 0 spiro atoms. The molecule has 1 saturated carbocycles. The highest BCUT2D eigenvalue weighted by Gasteiger charge is 2.23. The third-order valence-corrected chi connectivity index (χ3v) is 3.88. The van der Waals surface area contributed by atoms with Gasteiger partial charge in [0.2, 0.25) is 0 Å². The molecule has 0 amide bonds. The minimum absolute atomic E-state index is 0.180. The predicted octanol–water partition coefficient (Wildman–Crippen LogP) is 4.24. The minimum Gasteiger partial charge on any atom is -0.372 e. The van der Waals surface area contributed by atoms with E-state index in [9.17, 15) is 0 Å². The zero-order valence-electron chi connectivity index (χ0n) is 13.4. The van der Waals surface area contributed by atoms with Crippen LogP contribution in [0.15, 0.2) is 24.3 Å². The molecule has 112 valence electrons. The highest BCUT2D eigenvalue weighted by Crippen LogP contribution is 2.26. The van der Waals surface area contributed by atoms with Crippen LogP contribution in [-0.2, 0) is 4.74 Å². The van der Waals surface area contributed by atoms with Gasteiger partial charge in [-0.15, -0.1) is 0 Å². The number of ether oxygens (including phenoxy) is 1. The maximum atomic E-state index is 6.20. The lowest BCUT2D eigenvalue weighted by Crippen LogP contribution is -2.26.